The molecule has 0 bridgehead atoms. The van der Waals surface area contributed by atoms with E-state index in [1.54, 1.807) is 7.11 Å². The van der Waals surface area contributed by atoms with Crippen LogP contribution in [0, 0.1) is 12.7 Å². The Bertz CT molecular complexity index is 1260. The van der Waals surface area contributed by atoms with Crippen molar-refractivity contribution >= 4 is 21.6 Å². The standard InChI is InChI=1S/C26H29FN2O5S/c1-5-24(19-6-15-25(34-4)18(2)16-19)28-26(30)17-29(21-9-7-20(27)8-10-21)35(31,32)23-13-11-22(33-3)12-14-23/h6-16,24H,5,17H2,1-4H3,(H,28,30)/t24-/m1/s1. The molecular formula is C26H29FN2O5S. The van der Waals surface area contributed by atoms with Crippen molar-refractivity contribution in [3.05, 3.63) is 83.7 Å². The largest absolute Gasteiger partial charge is 0.497 e. The van der Waals surface area contributed by atoms with Crippen LogP contribution in [-0.4, -0.2) is 35.1 Å². The molecule has 1 amide bonds. The number of ether oxygens (including phenoxy) is 2. The predicted octanol–water partition coefficient (Wildman–Crippen LogP) is 4.61. The van der Waals surface area contributed by atoms with Gasteiger partial charge < -0.3 is 14.8 Å². The SMILES string of the molecule is CC[C@@H](NC(=O)CN(c1ccc(F)cc1)S(=O)(=O)c1ccc(OC)cc1)c1ccc(OC)c(C)c1. The Balaban J connectivity index is 1.90. The van der Waals surface area contributed by atoms with E-state index in [4.69, 9.17) is 9.47 Å². The van der Waals surface area contributed by atoms with Gasteiger partial charge >= 0.3 is 0 Å². The maximum atomic E-state index is 13.5. The first-order valence-corrected chi connectivity index (χ1v) is 12.5. The number of hydrogen-bond acceptors (Lipinski definition) is 5. The van der Waals surface area contributed by atoms with Gasteiger partial charge in [0.15, 0.2) is 0 Å². The van der Waals surface area contributed by atoms with E-state index in [0.29, 0.717) is 12.2 Å². The zero-order chi connectivity index (χ0) is 25.6. The third kappa shape index (κ3) is 6.10. The summed E-state index contributed by atoms with van der Waals surface area (Å²) in [5, 5.41) is 2.92. The third-order valence-electron chi connectivity index (χ3n) is 5.61. The zero-order valence-electron chi connectivity index (χ0n) is 20.1. The molecule has 0 saturated carbocycles. The van der Waals surface area contributed by atoms with Crippen LogP contribution in [0.15, 0.2) is 71.6 Å². The number of nitrogens with one attached hydrogen (secondary N) is 1. The number of aryl methyl sites for hydroxylation is 1. The molecule has 0 heterocycles. The highest BCUT2D eigenvalue weighted by Crippen LogP contribution is 2.27. The zero-order valence-corrected chi connectivity index (χ0v) is 20.9. The van der Waals surface area contributed by atoms with E-state index < -0.39 is 28.3 Å². The van der Waals surface area contributed by atoms with Gasteiger partial charge in [0.1, 0.15) is 23.9 Å². The molecule has 1 atom stereocenters. The average molecular weight is 501 g/mol. The molecule has 35 heavy (non-hydrogen) atoms. The molecule has 0 aliphatic heterocycles. The van der Waals surface area contributed by atoms with E-state index in [2.05, 4.69) is 5.32 Å². The summed E-state index contributed by atoms with van der Waals surface area (Å²) in [6, 6.07) is 16.1. The lowest BCUT2D eigenvalue weighted by atomic mass is 10.0. The van der Waals surface area contributed by atoms with Crippen LogP contribution in [0.4, 0.5) is 10.1 Å². The van der Waals surface area contributed by atoms with Crippen molar-refractivity contribution in [1.82, 2.24) is 5.32 Å². The second-order valence-corrected chi connectivity index (χ2v) is 9.78. The molecule has 186 valence electrons. The van der Waals surface area contributed by atoms with Crippen LogP contribution >= 0.6 is 0 Å². The maximum absolute atomic E-state index is 13.5. The number of anilines is 1. The molecular weight excluding hydrogens is 471 g/mol. The lowest BCUT2D eigenvalue weighted by molar-refractivity contribution is -0.120. The fourth-order valence-corrected chi connectivity index (χ4v) is 5.13. The van der Waals surface area contributed by atoms with Gasteiger partial charge in [0.05, 0.1) is 30.8 Å². The van der Waals surface area contributed by atoms with E-state index in [1.807, 2.05) is 32.0 Å². The van der Waals surface area contributed by atoms with E-state index in [0.717, 1.165) is 33.3 Å². The van der Waals surface area contributed by atoms with Crippen molar-refractivity contribution in [3.8, 4) is 11.5 Å². The number of rotatable bonds is 10. The molecule has 3 aromatic rings. The van der Waals surface area contributed by atoms with Gasteiger partial charge in [-0.3, -0.25) is 9.10 Å². The summed E-state index contributed by atoms with van der Waals surface area (Å²) in [6.07, 6.45) is 0.597. The third-order valence-corrected chi connectivity index (χ3v) is 7.40. The highest BCUT2D eigenvalue weighted by atomic mass is 32.2. The number of amides is 1. The van der Waals surface area contributed by atoms with Crippen LogP contribution in [0.25, 0.3) is 0 Å². The first kappa shape index (κ1) is 26.0. The number of carbonyl (C=O) groups is 1. The van der Waals surface area contributed by atoms with Gasteiger partial charge in [-0.15, -0.1) is 0 Å². The quantitative estimate of drug-likeness (QED) is 0.439. The van der Waals surface area contributed by atoms with E-state index in [9.17, 15) is 17.6 Å². The fraction of sp³-hybridized carbons (Fsp3) is 0.269. The van der Waals surface area contributed by atoms with Crippen LogP contribution in [0.2, 0.25) is 0 Å². The van der Waals surface area contributed by atoms with E-state index in [-0.39, 0.29) is 16.6 Å². The molecule has 7 nitrogen and oxygen atoms in total. The van der Waals surface area contributed by atoms with Crippen LogP contribution < -0.4 is 19.1 Å². The number of benzene rings is 3. The molecule has 0 aliphatic rings. The molecule has 3 rings (SSSR count). The lowest BCUT2D eigenvalue weighted by Crippen LogP contribution is -2.42. The van der Waals surface area contributed by atoms with E-state index in [1.165, 1.54) is 43.5 Å². The summed E-state index contributed by atoms with van der Waals surface area (Å²) in [7, 11) is -1.06. The van der Waals surface area contributed by atoms with Gasteiger partial charge in [0.25, 0.3) is 10.0 Å². The molecule has 0 aromatic heterocycles. The van der Waals surface area contributed by atoms with E-state index >= 15 is 0 Å². The molecule has 9 heteroatoms. The van der Waals surface area contributed by atoms with Crippen molar-refractivity contribution < 1.29 is 27.1 Å². The van der Waals surface area contributed by atoms with Crippen LogP contribution in [0.5, 0.6) is 11.5 Å². The van der Waals surface area contributed by atoms with Crippen LogP contribution in [0.3, 0.4) is 0 Å². The Morgan fingerprint density at radius 3 is 2.20 bits per heavy atom. The average Bonchev–Trinajstić information content (AvgIpc) is 2.86. The summed E-state index contributed by atoms with van der Waals surface area (Å²) in [6.45, 7) is 3.36. The van der Waals surface area contributed by atoms with Crippen molar-refractivity contribution in [2.45, 2.75) is 31.2 Å². The number of sulfonamides is 1. The van der Waals surface area contributed by atoms with Crippen molar-refractivity contribution in [2.75, 3.05) is 25.1 Å². The summed E-state index contributed by atoms with van der Waals surface area (Å²) >= 11 is 0. The van der Waals surface area contributed by atoms with Gasteiger partial charge in [-0.25, -0.2) is 12.8 Å². The molecule has 0 saturated heterocycles. The first-order chi connectivity index (χ1) is 16.7. The first-order valence-electron chi connectivity index (χ1n) is 11.1. The second kappa shape index (κ2) is 11.2. The summed E-state index contributed by atoms with van der Waals surface area (Å²) in [5.74, 6) is 0.228. The molecule has 1 N–H and O–H groups in total. The van der Waals surface area contributed by atoms with Gasteiger partial charge in [-0.2, -0.15) is 0 Å². The number of halogens is 1. The summed E-state index contributed by atoms with van der Waals surface area (Å²) in [4.78, 5) is 13.1. The predicted molar refractivity (Wildman–Crippen MR) is 133 cm³/mol. The topological polar surface area (TPSA) is 84.9 Å². The highest BCUT2D eigenvalue weighted by molar-refractivity contribution is 7.92. The molecule has 0 fully saturated rings. The maximum Gasteiger partial charge on any atom is 0.264 e. The summed E-state index contributed by atoms with van der Waals surface area (Å²) < 4.78 is 51.9. The monoisotopic (exact) mass is 500 g/mol. The van der Waals surface area contributed by atoms with Gasteiger partial charge in [0.2, 0.25) is 5.91 Å². The van der Waals surface area contributed by atoms with Gasteiger partial charge in [-0.05, 0) is 79.1 Å². The number of methoxy groups -OCH3 is 2. The molecule has 0 radical (unpaired) electrons. The Labute approximate surface area is 205 Å². The van der Waals surface area contributed by atoms with Gasteiger partial charge in [0, 0.05) is 0 Å². The Morgan fingerprint density at radius 2 is 1.66 bits per heavy atom. The second-order valence-electron chi connectivity index (χ2n) is 7.92. The van der Waals surface area contributed by atoms with Crippen LogP contribution in [-0.2, 0) is 14.8 Å². The Morgan fingerprint density at radius 1 is 1.00 bits per heavy atom. The molecule has 3 aromatic carbocycles. The minimum absolute atomic E-state index is 0.0201. The minimum Gasteiger partial charge on any atom is -0.497 e. The molecule has 0 aliphatic carbocycles. The minimum atomic E-state index is -4.13. The number of carbonyl (C=O) groups excluding carboxylic acids is 1. The fourth-order valence-electron chi connectivity index (χ4n) is 3.71. The smallest absolute Gasteiger partial charge is 0.264 e. The van der Waals surface area contributed by atoms with Crippen molar-refractivity contribution in [3.63, 3.8) is 0 Å². The normalized spacial score (nSPS) is 12.0. The summed E-state index contributed by atoms with van der Waals surface area (Å²) in [5.41, 5.74) is 1.98. The Kier molecular flexibility index (Phi) is 8.34. The van der Waals surface area contributed by atoms with Crippen molar-refractivity contribution in [1.29, 1.82) is 0 Å². The molecule has 0 spiro atoms. The lowest BCUT2D eigenvalue weighted by Gasteiger charge is -2.26. The highest BCUT2D eigenvalue weighted by Gasteiger charge is 2.28. The molecule has 0 unspecified atom stereocenters. The number of nitrogens with zero attached hydrogens (tertiary/aromatic N) is 1. The van der Waals surface area contributed by atoms with Crippen LogP contribution in [0.1, 0.15) is 30.5 Å². The van der Waals surface area contributed by atoms with Crippen molar-refractivity contribution in [2.24, 2.45) is 0 Å². The van der Waals surface area contributed by atoms with Gasteiger partial charge in [-0.1, -0.05) is 19.1 Å². The Hall–Kier alpha value is -3.59. The number of hydrogen-bond donors (Lipinski definition) is 1.